The Labute approximate surface area is 109 Å². The van der Waals surface area contributed by atoms with Gasteiger partial charge in [0.05, 0.1) is 9.37 Å². The molecule has 1 aromatic rings. The van der Waals surface area contributed by atoms with Crippen molar-refractivity contribution in [2.24, 2.45) is 5.73 Å². The monoisotopic (exact) mass is 324 g/mol. The average molecular weight is 325 g/mol. The number of benzene rings is 1. The van der Waals surface area contributed by atoms with Gasteiger partial charge in [0.2, 0.25) is 10.0 Å². The van der Waals surface area contributed by atoms with Crippen LogP contribution in [0.5, 0.6) is 0 Å². The molecule has 0 aromatic heterocycles. The average Bonchev–Trinajstić information content (AvgIpc) is 2.18. The molecule has 0 aliphatic heterocycles. The summed E-state index contributed by atoms with van der Waals surface area (Å²) in [5.74, 6) is -0.625. The molecule has 0 aliphatic carbocycles. The largest absolute Gasteiger partial charge is 0.324 e. The van der Waals surface area contributed by atoms with E-state index in [2.05, 4.69) is 20.7 Å². The fourth-order valence-electron chi connectivity index (χ4n) is 1.01. The zero-order valence-corrected chi connectivity index (χ0v) is 11.9. The summed E-state index contributed by atoms with van der Waals surface area (Å²) in [5.41, 5.74) is 5.00. The molecule has 4 nitrogen and oxygen atoms in total. The van der Waals surface area contributed by atoms with Crippen LogP contribution in [0.4, 0.5) is 4.39 Å². The molecule has 0 fully saturated rings. The highest BCUT2D eigenvalue weighted by Crippen LogP contribution is 2.19. The molecule has 0 heterocycles. The first-order valence-electron chi connectivity index (χ1n) is 4.85. The standard InChI is InChI=1S/C10H14BrFN2O2S/c1-10(2,13)6-14-17(15,16)7-3-4-8(11)9(12)5-7/h3-5,14H,6,13H2,1-2H3. The summed E-state index contributed by atoms with van der Waals surface area (Å²) in [6, 6.07) is 3.62. The molecule has 0 unspecified atom stereocenters. The maximum Gasteiger partial charge on any atom is 0.240 e. The highest BCUT2D eigenvalue weighted by Gasteiger charge is 2.19. The molecule has 1 rings (SSSR count). The topological polar surface area (TPSA) is 72.2 Å². The number of hydrogen-bond donors (Lipinski definition) is 2. The summed E-state index contributed by atoms with van der Waals surface area (Å²) in [4.78, 5) is -0.123. The van der Waals surface area contributed by atoms with E-state index in [-0.39, 0.29) is 15.9 Å². The van der Waals surface area contributed by atoms with Gasteiger partial charge < -0.3 is 5.73 Å². The van der Waals surface area contributed by atoms with Gasteiger partial charge in [0.1, 0.15) is 5.82 Å². The normalized spacial score (nSPS) is 12.8. The van der Waals surface area contributed by atoms with Gasteiger partial charge in [0, 0.05) is 12.1 Å². The van der Waals surface area contributed by atoms with Gasteiger partial charge in [-0.25, -0.2) is 17.5 Å². The zero-order chi connectivity index (χ0) is 13.3. The molecule has 0 bridgehead atoms. The fourth-order valence-corrected chi connectivity index (χ4v) is 2.49. The third-order valence-electron chi connectivity index (χ3n) is 1.92. The molecule has 0 amide bonds. The van der Waals surface area contributed by atoms with Crippen LogP contribution in [0.15, 0.2) is 27.6 Å². The second-order valence-corrected chi connectivity index (χ2v) is 7.01. The predicted octanol–water partition coefficient (Wildman–Crippen LogP) is 1.60. The van der Waals surface area contributed by atoms with Crippen LogP contribution in [0.2, 0.25) is 0 Å². The van der Waals surface area contributed by atoms with Crippen LogP contribution >= 0.6 is 15.9 Å². The van der Waals surface area contributed by atoms with Gasteiger partial charge in [0.15, 0.2) is 0 Å². The Morgan fingerprint density at radius 2 is 2.06 bits per heavy atom. The molecule has 0 spiro atoms. The Morgan fingerprint density at radius 1 is 1.47 bits per heavy atom. The lowest BCUT2D eigenvalue weighted by Crippen LogP contribution is -2.45. The fraction of sp³-hybridized carbons (Fsp3) is 0.400. The smallest absolute Gasteiger partial charge is 0.240 e. The Balaban J connectivity index is 2.94. The van der Waals surface area contributed by atoms with Crippen molar-refractivity contribution in [3.63, 3.8) is 0 Å². The molecule has 96 valence electrons. The van der Waals surface area contributed by atoms with Crippen molar-refractivity contribution in [1.29, 1.82) is 0 Å². The lowest BCUT2D eigenvalue weighted by molar-refractivity contribution is 0.497. The molecule has 3 N–H and O–H groups in total. The van der Waals surface area contributed by atoms with Crippen molar-refractivity contribution in [2.45, 2.75) is 24.3 Å². The summed E-state index contributed by atoms with van der Waals surface area (Å²) >= 11 is 2.96. The lowest BCUT2D eigenvalue weighted by atomic mass is 10.1. The van der Waals surface area contributed by atoms with E-state index in [1.54, 1.807) is 13.8 Å². The third-order valence-corrected chi connectivity index (χ3v) is 3.96. The van der Waals surface area contributed by atoms with E-state index in [1.165, 1.54) is 12.1 Å². The van der Waals surface area contributed by atoms with Crippen LogP contribution in [-0.4, -0.2) is 20.5 Å². The van der Waals surface area contributed by atoms with E-state index < -0.39 is 21.4 Å². The van der Waals surface area contributed by atoms with Crippen molar-refractivity contribution < 1.29 is 12.8 Å². The Bertz CT molecular complexity index is 512. The SMILES string of the molecule is CC(C)(N)CNS(=O)(=O)c1ccc(Br)c(F)c1. The first kappa shape index (κ1) is 14.6. The van der Waals surface area contributed by atoms with Crippen LogP contribution in [0.3, 0.4) is 0 Å². The minimum absolute atomic E-state index is 0.0764. The Hall–Kier alpha value is -0.500. The minimum Gasteiger partial charge on any atom is -0.324 e. The summed E-state index contributed by atoms with van der Waals surface area (Å²) < 4.78 is 39.4. The van der Waals surface area contributed by atoms with Crippen molar-refractivity contribution in [3.05, 3.63) is 28.5 Å². The number of halogens is 2. The van der Waals surface area contributed by atoms with Crippen LogP contribution in [0.1, 0.15) is 13.8 Å². The molecule has 0 aliphatic rings. The molecular formula is C10H14BrFN2O2S. The molecule has 0 radical (unpaired) electrons. The summed E-state index contributed by atoms with van der Waals surface area (Å²) in [7, 11) is -3.72. The van der Waals surface area contributed by atoms with Gasteiger partial charge in [-0.1, -0.05) is 0 Å². The summed E-state index contributed by atoms with van der Waals surface area (Å²) in [6.07, 6.45) is 0. The molecule has 1 aromatic carbocycles. The van der Waals surface area contributed by atoms with E-state index in [0.717, 1.165) is 6.07 Å². The number of sulfonamides is 1. The molecule has 17 heavy (non-hydrogen) atoms. The van der Waals surface area contributed by atoms with Gasteiger partial charge in [-0.15, -0.1) is 0 Å². The molecule has 0 saturated carbocycles. The van der Waals surface area contributed by atoms with Crippen LogP contribution < -0.4 is 10.5 Å². The van der Waals surface area contributed by atoms with Crippen molar-refractivity contribution in [1.82, 2.24) is 4.72 Å². The number of hydrogen-bond acceptors (Lipinski definition) is 3. The van der Waals surface area contributed by atoms with Gasteiger partial charge >= 0.3 is 0 Å². The van der Waals surface area contributed by atoms with Crippen molar-refractivity contribution >= 4 is 26.0 Å². The summed E-state index contributed by atoms with van der Waals surface area (Å²) in [5, 5.41) is 0. The minimum atomic E-state index is -3.72. The second-order valence-electron chi connectivity index (χ2n) is 4.39. The van der Waals surface area contributed by atoms with Crippen LogP contribution in [-0.2, 0) is 10.0 Å². The predicted molar refractivity (Wildman–Crippen MR) is 67.6 cm³/mol. The van der Waals surface area contributed by atoms with Gasteiger partial charge in [-0.3, -0.25) is 0 Å². The Morgan fingerprint density at radius 3 is 2.53 bits per heavy atom. The number of nitrogens with two attached hydrogens (primary N) is 1. The van der Waals surface area contributed by atoms with E-state index in [9.17, 15) is 12.8 Å². The molecular weight excluding hydrogens is 311 g/mol. The Kier molecular flexibility index (Phi) is 4.29. The maximum atomic E-state index is 13.2. The van der Waals surface area contributed by atoms with E-state index in [1.807, 2.05) is 0 Å². The molecule has 7 heteroatoms. The third kappa shape index (κ3) is 4.34. The van der Waals surface area contributed by atoms with E-state index in [4.69, 9.17) is 5.73 Å². The number of nitrogens with one attached hydrogen (secondary N) is 1. The van der Waals surface area contributed by atoms with Gasteiger partial charge in [-0.2, -0.15) is 0 Å². The first-order valence-corrected chi connectivity index (χ1v) is 7.13. The second kappa shape index (κ2) is 5.01. The van der Waals surface area contributed by atoms with E-state index >= 15 is 0 Å². The van der Waals surface area contributed by atoms with Crippen LogP contribution in [0.25, 0.3) is 0 Å². The highest BCUT2D eigenvalue weighted by atomic mass is 79.9. The van der Waals surface area contributed by atoms with E-state index in [0.29, 0.717) is 0 Å². The van der Waals surface area contributed by atoms with Gasteiger partial charge in [0.25, 0.3) is 0 Å². The van der Waals surface area contributed by atoms with Crippen molar-refractivity contribution in [3.8, 4) is 0 Å². The lowest BCUT2D eigenvalue weighted by Gasteiger charge is -2.18. The number of rotatable bonds is 4. The molecule has 0 saturated heterocycles. The quantitative estimate of drug-likeness (QED) is 0.883. The molecule has 0 atom stereocenters. The maximum absolute atomic E-state index is 13.2. The van der Waals surface area contributed by atoms with Crippen molar-refractivity contribution in [2.75, 3.05) is 6.54 Å². The highest BCUT2D eigenvalue weighted by molar-refractivity contribution is 9.10. The zero-order valence-electron chi connectivity index (χ0n) is 9.50. The first-order chi connectivity index (χ1) is 7.62. The van der Waals surface area contributed by atoms with Crippen LogP contribution in [0, 0.1) is 5.82 Å². The van der Waals surface area contributed by atoms with Gasteiger partial charge in [-0.05, 0) is 48.0 Å². The summed E-state index contributed by atoms with van der Waals surface area (Å²) in [6.45, 7) is 3.46.